The molecule has 3 unspecified atom stereocenters. The van der Waals surface area contributed by atoms with E-state index >= 15 is 0 Å². The molecule has 2 saturated heterocycles. The summed E-state index contributed by atoms with van der Waals surface area (Å²) >= 11 is 0. The van der Waals surface area contributed by atoms with Crippen molar-refractivity contribution in [2.75, 3.05) is 32.7 Å². The molecule has 0 radical (unpaired) electrons. The molecule has 0 aromatic rings. The molecule has 2 aliphatic heterocycles. The molecule has 100 valence electrons. The molecule has 0 aromatic carbocycles. The SMILES string of the molecule is CCNCC(CC)N1CC2CCCN2CC1C. The zero-order valence-corrected chi connectivity index (χ0v) is 11.8. The number of piperazine rings is 1. The van der Waals surface area contributed by atoms with Gasteiger partial charge in [0.15, 0.2) is 0 Å². The van der Waals surface area contributed by atoms with Gasteiger partial charge in [-0.05, 0) is 39.3 Å². The number of nitrogens with one attached hydrogen (secondary N) is 1. The fourth-order valence-electron chi connectivity index (χ4n) is 3.53. The summed E-state index contributed by atoms with van der Waals surface area (Å²) in [5.74, 6) is 0. The van der Waals surface area contributed by atoms with E-state index in [1.165, 1.54) is 38.9 Å². The Balaban J connectivity index is 1.93. The highest BCUT2D eigenvalue weighted by Gasteiger charge is 2.36. The van der Waals surface area contributed by atoms with Crippen LogP contribution in [0.15, 0.2) is 0 Å². The summed E-state index contributed by atoms with van der Waals surface area (Å²) in [6, 6.07) is 2.31. The summed E-state index contributed by atoms with van der Waals surface area (Å²) in [7, 11) is 0. The Bertz CT molecular complexity index is 232. The van der Waals surface area contributed by atoms with Gasteiger partial charge in [0.05, 0.1) is 0 Å². The van der Waals surface area contributed by atoms with Gasteiger partial charge >= 0.3 is 0 Å². The van der Waals surface area contributed by atoms with Crippen molar-refractivity contribution in [3.63, 3.8) is 0 Å². The Morgan fingerprint density at radius 1 is 1.29 bits per heavy atom. The molecular weight excluding hydrogens is 210 g/mol. The van der Waals surface area contributed by atoms with Crippen molar-refractivity contribution >= 4 is 0 Å². The molecule has 0 spiro atoms. The van der Waals surface area contributed by atoms with Gasteiger partial charge in [0.1, 0.15) is 0 Å². The summed E-state index contributed by atoms with van der Waals surface area (Å²) in [6.07, 6.45) is 4.10. The lowest BCUT2D eigenvalue weighted by Crippen LogP contribution is -2.59. The highest BCUT2D eigenvalue weighted by atomic mass is 15.3. The van der Waals surface area contributed by atoms with E-state index in [9.17, 15) is 0 Å². The molecule has 0 amide bonds. The van der Waals surface area contributed by atoms with Gasteiger partial charge in [0.2, 0.25) is 0 Å². The molecule has 2 aliphatic rings. The molecule has 0 aromatic heterocycles. The van der Waals surface area contributed by atoms with Gasteiger partial charge in [-0.3, -0.25) is 9.80 Å². The van der Waals surface area contributed by atoms with E-state index in [0.29, 0.717) is 0 Å². The van der Waals surface area contributed by atoms with Crippen molar-refractivity contribution in [3.05, 3.63) is 0 Å². The molecule has 3 nitrogen and oxygen atoms in total. The normalized spacial score (nSPS) is 32.6. The highest BCUT2D eigenvalue weighted by molar-refractivity contribution is 4.93. The standard InChI is InChI=1S/C14H29N3/c1-4-13(9-15-5-2)17-11-14-7-6-8-16(14)10-12(17)3/h12-15H,4-11H2,1-3H3. The Labute approximate surface area is 107 Å². The molecule has 2 heterocycles. The lowest BCUT2D eigenvalue weighted by atomic mass is 10.0. The predicted octanol–water partition coefficient (Wildman–Crippen LogP) is 1.54. The minimum Gasteiger partial charge on any atom is -0.315 e. The van der Waals surface area contributed by atoms with Crippen molar-refractivity contribution in [3.8, 4) is 0 Å². The summed E-state index contributed by atoms with van der Waals surface area (Å²) in [4.78, 5) is 5.47. The van der Waals surface area contributed by atoms with Crippen LogP contribution in [0.1, 0.15) is 40.0 Å². The van der Waals surface area contributed by atoms with Crippen molar-refractivity contribution in [1.82, 2.24) is 15.1 Å². The van der Waals surface area contributed by atoms with E-state index in [0.717, 1.165) is 31.2 Å². The van der Waals surface area contributed by atoms with Gasteiger partial charge in [-0.15, -0.1) is 0 Å². The fraction of sp³-hybridized carbons (Fsp3) is 1.00. The minimum absolute atomic E-state index is 0.729. The fourth-order valence-corrected chi connectivity index (χ4v) is 3.53. The molecule has 1 N–H and O–H groups in total. The zero-order valence-electron chi connectivity index (χ0n) is 11.8. The first-order chi connectivity index (χ1) is 8.26. The topological polar surface area (TPSA) is 18.5 Å². The van der Waals surface area contributed by atoms with Gasteiger partial charge in [0.25, 0.3) is 0 Å². The zero-order chi connectivity index (χ0) is 12.3. The number of nitrogens with zero attached hydrogens (tertiary/aromatic N) is 2. The molecule has 2 rings (SSSR count). The third kappa shape index (κ3) is 3.01. The molecule has 3 heteroatoms. The molecule has 17 heavy (non-hydrogen) atoms. The van der Waals surface area contributed by atoms with Crippen molar-refractivity contribution in [2.24, 2.45) is 0 Å². The van der Waals surface area contributed by atoms with Crippen LogP contribution in [0.25, 0.3) is 0 Å². The molecule has 0 saturated carbocycles. The van der Waals surface area contributed by atoms with E-state index in [4.69, 9.17) is 0 Å². The Morgan fingerprint density at radius 2 is 2.12 bits per heavy atom. The van der Waals surface area contributed by atoms with E-state index in [-0.39, 0.29) is 0 Å². The maximum Gasteiger partial charge on any atom is 0.0224 e. The second-order valence-electron chi connectivity index (χ2n) is 5.71. The molecule has 3 atom stereocenters. The summed E-state index contributed by atoms with van der Waals surface area (Å²) in [6.45, 7) is 13.1. The second-order valence-corrected chi connectivity index (χ2v) is 5.71. The maximum atomic E-state index is 3.52. The van der Waals surface area contributed by atoms with Crippen LogP contribution in [-0.2, 0) is 0 Å². The monoisotopic (exact) mass is 239 g/mol. The van der Waals surface area contributed by atoms with Crippen LogP contribution in [0.5, 0.6) is 0 Å². The van der Waals surface area contributed by atoms with Crippen LogP contribution in [0.4, 0.5) is 0 Å². The van der Waals surface area contributed by atoms with Gasteiger partial charge in [-0.1, -0.05) is 13.8 Å². The third-order valence-corrected chi connectivity index (χ3v) is 4.56. The van der Waals surface area contributed by atoms with Gasteiger partial charge in [0, 0.05) is 37.8 Å². The second kappa shape index (κ2) is 6.17. The van der Waals surface area contributed by atoms with Gasteiger partial charge < -0.3 is 5.32 Å². The molecular formula is C14H29N3. The summed E-state index contributed by atoms with van der Waals surface area (Å²) < 4.78 is 0. The quantitative estimate of drug-likeness (QED) is 0.785. The first-order valence-corrected chi connectivity index (χ1v) is 7.46. The number of rotatable bonds is 5. The predicted molar refractivity (Wildman–Crippen MR) is 73.4 cm³/mol. The van der Waals surface area contributed by atoms with E-state index in [1.54, 1.807) is 0 Å². The lowest BCUT2D eigenvalue weighted by molar-refractivity contribution is 0.0267. The van der Waals surface area contributed by atoms with Crippen molar-refractivity contribution in [2.45, 2.75) is 58.2 Å². The lowest BCUT2D eigenvalue weighted by Gasteiger charge is -2.46. The molecule has 0 aliphatic carbocycles. The van der Waals surface area contributed by atoms with Crippen LogP contribution in [0.3, 0.4) is 0 Å². The van der Waals surface area contributed by atoms with E-state index in [1.807, 2.05) is 0 Å². The Morgan fingerprint density at radius 3 is 2.82 bits per heavy atom. The highest BCUT2D eigenvalue weighted by Crippen LogP contribution is 2.26. The summed E-state index contributed by atoms with van der Waals surface area (Å²) in [5, 5.41) is 3.52. The van der Waals surface area contributed by atoms with Crippen molar-refractivity contribution in [1.29, 1.82) is 0 Å². The third-order valence-electron chi connectivity index (χ3n) is 4.56. The first-order valence-electron chi connectivity index (χ1n) is 7.46. The Hall–Kier alpha value is -0.120. The Kier molecular flexibility index (Phi) is 4.83. The number of fused-ring (bicyclic) bond motifs is 1. The van der Waals surface area contributed by atoms with Crippen LogP contribution >= 0.6 is 0 Å². The van der Waals surface area contributed by atoms with E-state index in [2.05, 4.69) is 35.9 Å². The first kappa shape index (κ1) is 13.3. The van der Waals surface area contributed by atoms with Crippen LogP contribution in [0, 0.1) is 0 Å². The van der Waals surface area contributed by atoms with Crippen LogP contribution in [-0.4, -0.2) is 60.6 Å². The molecule has 0 bridgehead atoms. The molecule has 2 fully saturated rings. The smallest absolute Gasteiger partial charge is 0.0224 e. The summed E-state index contributed by atoms with van der Waals surface area (Å²) in [5.41, 5.74) is 0. The van der Waals surface area contributed by atoms with Gasteiger partial charge in [-0.25, -0.2) is 0 Å². The largest absolute Gasteiger partial charge is 0.315 e. The van der Waals surface area contributed by atoms with Crippen molar-refractivity contribution < 1.29 is 0 Å². The average molecular weight is 239 g/mol. The minimum atomic E-state index is 0.729. The average Bonchev–Trinajstić information content (AvgIpc) is 2.77. The van der Waals surface area contributed by atoms with Gasteiger partial charge in [-0.2, -0.15) is 0 Å². The van der Waals surface area contributed by atoms with E-state index < -0.39 is 0 Å². The number of hydrogen-bond donors (Lipinski definition) is 1. The van der Waals surface area contributed by atoms with Crippen LogP contribution in [0.2, 0.25) is 0 Å². The van der Waals surface area contributed by atoms with Crippen LogP contribution < -0.4 is 5.32 Å². The maximum absolute atomic E-state index is 3.52. The number of hydrogen-bond acceptors (Lipinski definition) is 3. The number of likely N-dealkylation sites (N-methyl/N-ethyl adjacent to an activating group) is 1.